The molecular weight excluding hydrogens is 384 g/mol. The van der Waals surface area contributed by atoms with Crippen molar-refractivity contribution < 1.29 is 4.79 Å². The summed E-state index contributed by atoms with van der Waals surface area (Å²) in [5, 5.41) is 11.5. The van der Waals surface area contributed by atoms with E-state index < -0.39 is 6.04 Å². The van der Waals surface area contributed by atoms with Crippen molar-refractivity contribution in [3.8, 4) is 10.4 Å². The van der Waals surface area contributed by atoms with Gasteiger partial charge in [-0.15, -0.1) is 16.4 Å². The summed E-state index contributed by atoms with van der Waals surface area (Å²) in [6.45, 7) is 3.71. The van der Waals surface area contributed by atoms with Gasteiger partial charge in [0.25, 0.3) is 5.56 Å². The van der Waals surface area contributed by atoms with Crippen LogP contribution in [-0.2, 0) is 11.2 Å². The van der Waals surface area contributed by atoms with Crippen LogP contribution in [0.3, 0.4) is 0 Å². The summed E-state index contributed by atoms with van der Waals surface area (Å²) in [5.41, 5.74) is 2.57. The second kappa shape index (κ2) is 7.97. The fraction of sp³-hybridized carbons (Fsp3) is 0.182. The first-order valence-electron chi connectivity index (χ1n) is 9.41. The minimum absolute atomic E-state index is 0.316. The Morgan fingerprint density at radius 3 is 2.55 bits per heavy atom. The number of aryl methyl sites for hydroxylation is 1. The second-order valence-electron chi connectivity index (χ2n) is 6.75. The molecule has 7 heteroatoms. The van der Waals surface area contributed by atoms with Gasteiger partial charge in [-0.3, -0.25) is 9.59 Å². The molecule has 0 unspecified atom stereocenters. The number of benzene rings is 2. The fourth-order valence-corrected chi connectivity index (χ4v) is 4.01. The van der Waals surface area contributed by atoms with Crippen molar-refractivity contribution in [2.45, 2.75) is 26.3 Å². The number of carbonyl (C=O) groups excluding carboxylic acids is 1. The topological polar surface area (TPSA) is 76.9 Å². The molecule has 4 aromatic rings. The molecule has 0 aliphatic heterocycles. The monoisotopic (exact) mass is 404 g/mol. The smallest absolute Gasteiger partial charge is 0.279 e. The van der Waals surface area contributed by atoms with Crippen molar-refractivity contribution in [2.75, 3.05) is 5.32 Å². The molecule has 0 bridgehead atoms. The van der Waals surface area contributed by atoms with Gasteiger partial charge in [0.2, 0.25) is 5.91 Å². The number of anilines is 1. The van der Waals surface area contributed by atoms with E-state index in [1.807, 2.05) is 60.7 Å². The number of thiophene rings is 1. The molecule has 4 rings (SSSR count). The first kappa shape index (κ1) is 19.0. The number of aromatic nitrogens is 3. The summed E-state index contributed by atoms with van der Waals surface area (Å²) in [4.78, 5) is 27.1. The maximum Gasteiger partial charge on any atom is 0.279 e. The minimum Gasteiger partial charge on any atom is -0.324 e. The molecule has 29 heavy (non-hydrogen) atoms. The minimum atomic E-state index is -0.787. The van der Waals surface area contributed by atoms with Crippen molar-refractivity contribution in [3.63, 3.8) is 0 Å². The molecule has 2 aromatic heterocycles. The third-order valence-electron chi connectivity index (χ3n) is 4.82. The normalized spacial score (nSPS) is 12.1. The SMILES string of the molecule is CCc1ccc(NC(=O)[C@H](C)n2nnc3sc(-c4ccccc4)cc3c2=O)cc1. The Morgan fingerprint density at radius 2 is 1.86 bits per heavy atom. The van der Waals surface area contributed by atoms with Gasteiger partial charge in [0, 0.05) is 10.6 Å². The van der Waals surface area contributed by atoms with Crippen LogP contribution < -0.4 is 10.9 Å². The van der Waals surface area contributed by atoms with Crippen molar-refractivity contribution in [3.05, 3.63) is 76.6 Å². The Labute approximate surface area is 171 Å². The fourth-order valence-electron chi connectivity index (χ4n) is 3.04. The van der Waals surface area contributed by atoms with E-state index in [-0.39, 0.29) is 11.5 Å². The Kier molecular flexibility index (Phi) is 5.22. The van der Waals surface area contributed by atoms with Crippen LogP contribution in [0.5, 0.6) is 0 Å². The quantitative estimate of drug-likeness (QED) is 0.539. The molecule has 0 spiro atoms. The van der Waals surface area contributed by atoms with Gasteiger partial charge >= 0.3 is 0 Å². The molecule has 0 aliphatic rings. The largest absolute Gasteiger partial charge is 0.324 e. The number of fused-ring (bicyclic) bond motifs is 1. The molecule has 1 atom stereocenters. The molecule has 146 valence electrons. The van der Waals surface area contributed by atoms with Crippen molar-refractivity contribution in [1.29, 1.82) is 0 Å². The van der Waals surface area contributed by atoms with E-state index in [2.05, 4.69) is 22.6 Å². The van der Waals surface area contributed by atoms with Crippen LogP contribution in [0.15, 0.2) is 65.5 Å². The first-order valence-corrected chi connectivity index (χ1v) is 10.2. The highest BCUT2D eigenvalue weighted by Crippen LogP contribution is 2.30. The number of nitrogens with zero attached hydrogens (tertiary/aromatic N) is 3. The third-order valence-corrected chi connectivity index (χ3v) is 5.89. The zero-order valence-corrected chi connectivity index (χ0v) is 16.9. The molecule has 0 radical (unpaired) electrons. The third kappa shape index (κ3) is 3.82. The van der Waals surface area contributed by atoms with E-state index >= 15 is 0 Å². The van der Waals surface area contributed by atoms with Crippen molar-refractivity contribution in [2.24, 2.45) is 0 Å². The van der Waals surface area contributed by atoms with Gasteiger partial charge in [0.15, 0.2) is 4.83 Å². The molecule has 2 aromatic carbocycles. The summed E-state index contributed by atoms with van der Waals surface area (Å²) >= 11 is 1.41. The maximum atomic E-state index is 12.9. The first-order chi connectivity index (χ1) is 14.1. The number of nitrogens with one attached hydrogen (secondary N) is 1. The van der Waals surface area contributed by atoms with Crippen LogP contribution >= 0.6 is 11.3 Å². The highest BCUT2D eigenvalue weighted by atomic mass is 32.1. The van der Waals surface area contributed by atoms with E-state index in [4.69, 9.17) is 0 Å². The zero-order valence-electron chi connectivity index (χ0n) is 16.1. The average Bonchev–Trinajstić information content (AvgIpc) is 3.20. The second-order valence-corrected chi connectivity index (χ2v) is 7.78. The van der Waals surface area contributed by atoms with E-state index in [0.717, 1.165) is 21.5 Å². The molecule has 0 aliphatic carbocycles. The summed E-state index contributed by atoms with van der Waals surface area (Å²) in [6.07, 6.45) is 0.932. The van der Waals surface area contributed by atoms with Crippen molar-refractivity contribution >= 4 is 33.1 Å². The molecule has 1 amide bonds. The standard InChI is InChI=1S/C22H20N4O2S/c1-3-15-9-11-17(12-10-15)23-20(27)14(2)26-22(28)18-13-19(29-21(18)24-25-26)16-7-5-4-6-8-16/h4-14H,3H2,1-2H3,(H,23,27)/t14-/m0/s1. The lowest BCUT2D eigenvalue weighted by molar-refractivity contribution is -0.119. The van der Waals surface area contributed by atoms with Gasteiger partial charge < -0.3 is 5.32 Å². The van der Waals surface area contributed by atoms with Gasteiger partial charge in [0.1, 0.15) is 6.04 Å². The number of amides is 1. The molecule has 2 heterocycles. The Morgan fingerprint density at radius 1 is 1.14 bits per heavy atom. The summed E-state index contributed by atoms with van der Waals surface area (Å²) in [5.74, 6) is -0.316. The van der Waals surface area contributed by atoms with Crippen LogP contribution in [0, 0.1) is 0 Å². The van der Waals surface area contributed by atoms with E-state index in [1.165, 1.54) is 16.9 Å². The van der Waals surface area contributed by atoms with E-state index in [0.29, 0.717) is 15.9 Å². The highest BCUT2D eigenvalue weighted by molar-refractivity contribution is 7.21. The zero-order chi connectivity index (χ0) is 20.4. The van der Waals surface area contributed by atoms with Crippen LogP contribution in [-0.4, -0.2) is 20.9 Å². The lowest BCUT2D eigenvalue weighted by Gasteiger charge is -2.13. The summed E-state index contributed by atoms with van der Waals surface area (Å²) in [6, 6.07) is 18.5. The van der Waals surface area contributed by atoms with Crippen LogP contribution in [0.1, 0.15) is 25.5 Å². The molecule has 1 N–H and O–H groups in total. The van der Waals surface area contributed by atoms with E-state index in [9.17, 15) is 9.59 Å². The van der Waals surface area contributed by atoms with Crippen LogP contribution in [0.4, 0.5) is 5.69 Å². The molecule has 0 saturated heterocycles. The Bertz CT molecular complexity index is 1210. The Hall–Kier alpha value is -3.32. The van der Waals surface area contributed by atoms with Gasteiger partial charge in [-0.1, -0.05) is 54.6 Å². The molecular formula is C22H20N4O2S. The molecule has 0 fully saturated rings. The predicted octanol–water partition coefficient (Wildman–Crippen LogP) is 4.28. The summed E-state index contributed by atoms with van der Waals surface area (Å²) in [7, 11) is 0. The number of carbonyl (C=O) groups is 1. The number of hydrogen-bond acceptors (Lipinski definition) is 5. The lowest BCUT2D eigenvalue weighted by atomic mass is 10.1. The van der Waals surface area contributed by atoms with Gasteiger partial charge in [0.05, 0.1) is 5.39 Å². The summed E-state index contributed by atoms with van der Waals surface area (Å²) < 4.78 is 1.14. The van der Waals surface area contributed by atoms with Crippen LogP contribution in [0.25, 0.3) is 20.7 Å². The van der Waals surface area contributed by atoms with Gasteiger partial charge in [-0.2, -0.15) is 4.68 Å². The average molecular weight is 404 g/mol. The lowest BCUT2D eigenvalue weighted by Crippen LogP contribution is -2.33. The predicted molar refractivity (Wildman–Crippen MR) is 116 cm³/mol. The Balaban J connectivity index is 1.61. The number of hydrogen-bond donors (Lipinski definition) is 1. The molecule has 6 nitrogen and oxygen atoms in total. The highest BCUT2D eigenvalue weighted by Gasteiger charge is 2.20. The van der Waals surface area contributed by atoms with Crippen molar-refractivity contribution in [1.82, 2.24) is 15.0 Å². The van der Waals surface area contributed by atoms with Gasteiger partial charge in [-0.25, -0.2) is 0 Å². The maximum absolute atomic E-state index is 12.9. The van der Waals surface area contributed by atoms with Gasteiger partial charge in [-0.05, 0) is 42.7 Å². The van der Waals surface area contributed by atoms with E-state index in [1.54, 1.807) is 6.92 Å². The number of rotatable bonds is 5. The van der Waals surface area contributed by atoms with Crippen LogP contribution in [0.2, 0.25) is 0 Å². The molecule has 0 saturated carbocycles.